The van der Waals surface area contributed by atoms with Crippen molar-refractivity contribution in [3.63, 3.8) is 0 Å². The van der Waals surface area contributed by atoms with Gasteiger partial charge >= 0.3 is 0 Å². The second-order valence-electron chi connectivity index (χ2n) is 8.72. The molecule has 35 heavy (non-hydrogen) atoms. The number of hydrogen-bond acceptors (Lipinski definition) is 3. The third kappa shape index (κ3) is 4.41. The van der Waals surface area contributed by atoms with Gasteiger partial charge in [0.05, 0.1) is 18.7 Å². The normalized spacial score (nSPS) is 21.0. The van der Waals surface area contributed by atoms with Crippen LogP contribution in [-0.2, 0) is 4.79 Å². The number of aliphatic hydroxyl groups is 1. The molecule has 3 atom stereocenters. The molecule has 2 fully saturated rings. The summed E-state index contributed by atoms with van der Waals surface area (Å²) in [5.41, 5.74) is 2.61. The van der Waals surface area contributed by atoms with Crippen LogP contribution in [0.5, 0.6) is 0 Å². The lowest BCUT2D eigenvalue weighted by molar-refractivity contribution is -0.159. The quantitative estimate of drug-likeness (QED) is 0.596. The third-order valence-electron chi connectivity index (χ3n) is 6.60. The van der Waals surface area contributed by atoms with Crippen molar-refractivity contribution in [3.8, 4) is 11.8 Å². The molecule has 0 aromatic heterocycles. The number of hydrogen-bond donors (Lipinski definition) is 1. The highest BCUT2D eigenvalue weighted by atomic mass is 19.1. The van der Waals surface area contributed by atoms with Gasteiger partial charge in [0.25, 0.3) is 5.91 Å². The molecular weight excluding hydrogens is 450 g/mol. The van der Waals surface area contributed by atoms with Gasteiger partial charge in [-0.3, -0.25) is 9.59 Å². The van der Waals surface area contributed by atoms with E-state index in [0.29, 0.717) is 12.1 Å². The van der Waals surface area contributed by atoms with Crippen molar-refractivity contribution in [1.82, 2.24) is 9.80 Å². The molecule has 3 aromatic rings. The number of halogens is 2. The highest BCUT2D eigenvalue weighted by Gasteiger charge is 2.54. The molecule has 1 N–H and O–H groups in total. The number of piperazine rings is 1. The van der Waals surface area contributed by atoms with Gasteiger partial charge in [-0.25, -0.2) is 8.78 Å². The highest BCUT2D eigenvalue weighted by Crippen LogP contribution is 2.43. The van der Waals surface area contributed by atoms with E-state index >= 15 is 0 Å². The van der Waals surface area contributed by atoms with Crippen molar-refractivity contribution in [3.05, 3.63) is 107 Å². The summed E-state index contributed by atoms with van der Waals surface area (Å²) < 4.78 is 26.7. The highest BCUT2D eigenvalue weighted by molar-refractivity contribution is 5.97. The summed E-state index contributed by atoms with van der Waals surface area (Å²) in [5.74, 6) is 4.44. The molecular formula is C28H22F2N2O3. The van der Waals surface area contributed by atoms with Crippen LogP contribution in [-0.4, -0.2) is 58.5 Å². The summed E-state index contributed by atoms with van der Waals surface area (Å²) in [4.78, 5) is 28.8. The zero-order chi connectivity index (χ0) is 24.5. The molecule has 3 aromatic carbocycles. The first kappa shape index (κ1) is 22.8. The van der Waals surface area contributed by atoms with Crippen molar-refractivity contribution in [2.45, 2.75) is 18.0 Å². The van der Waals surface area contributed by atoms with Crippen molar-refractivity contribution in [2.75, 3.05) is 19.7 Å². The Balaban J connectivity index is 1.34. The number of benzene rings is 3. The molecule has 0 bridgehead atoms. The van der Waals surface area contributed by atoms with Crippen molar-refractivity contribution < 1.29 is 23.5 Å². The van der Waals surface area contributed by atoms with E-state index in [-0.39, 0.29) is 48.4 Å². The standard InChI is InChI=1S/C28H22F2N2O3/c29-22-12-8-19(9-13-22)5-4-18-6-10-20(11-7-18)27-24-15-31(16-26(34)32(24)25(27)17-33)28(35)21-2-1-3-23(30)14-21/h1-3,6-14,24-25,27,33H,15-17H2/t24-,25+,27-/m1/s1. The lowest BCUT2D eigenvalue weighted by Crippen LogP contribution is -2.73. The Morgan fingerprint density at radius 1 is 0.943 bits per heavy atom. The Kier molecular flexibility index (Phi) is 6.06. The van der Waals surface area contributed by atoms with E-state index in [9.17, 15) is 23.5 Å². The molecule has 7 heteroatoms. The minimum absolute atomic E-state index is 0.104. The zero-order valence-electron chi connectivity index (χ0n) is 18.7. The zero-order valence-corrected chi connectivity index (χ0v) is 18.7. The SMILES string of the molecule is O=C(c1cccc(F)c1)N1CC(=O)N2[C@H](C1)[C@@H](c1ccc(C#Cc3ccc(F)cc3)cc1)[C@@H]2CO. The Morgan fingerprint density at radius 3 is 2.23 bits per heavy atom. The van der Waals surface area contributed by atoms with Crippen LogP contribution in [0, 0.1) is 23.5 Å². The predicted molar refractivity (Wildman–Crippen MR) is 125 cm³/mol. The molecule has 5 nitrogen and oxygen atoms in total. The first-order chi connectivity index (χ1) is 16.9. The molecule has 5 rings (SSSR count). The maximum Gasteiger partial charge on any atom is 0.254 e. The molecule has 2 aliphatic heterocycles. The van der Waals surface area contributed by atoms with Gasteiger partial charge in [-0.1, -0.05) is 30.0 Å². The molecule has 0 saturated carbocycles. The minimum Gasteiger partial charge on any atom is -0.394 e. The molecule has 0 spiro atoms. The Labute approximate surface area is 201 Å². The van der Waals surface area contributed by atoms with Crippen LogP contribution >= 0.6 is 0 Å². The number of nitrogens with zero attached hydrogens (tertiary/aromatic N) is 2. The molecule has 0 unspecified atom stereocenters. The van der Waals surface area contributed by atoms with Crippen LogP contribution in [0.4, 0.5) is 8.78 Å². The maximum absolute atomic E-state index is 13.6. The fraction of sp³-hybridized carbons (Fsp3) is 0.214. The maximum atomic E-state index is 13.6. The molecule has 0 radical (unpaired) electrons. The van der Waals surface area contributed by atoms with Gasteiger partial charge in [0.15, 0.2) is 0 Å². The van der Waals surface area contributed by atoms with Gasteiger partial charge in [0.1, 0.15) is 18.2 Å². The molecule has 0 aliphatic carbocycles. The van der Waals surface area contributed by atoms with Crippen LogP contribution in [0.2, 0.25) is 0 Å². The van der Waals surface area contributed by atoms with Crippen LogP contribution in [0.15, 0.2) is 72.8 Å². The van der Waals surface area contributed by atoms with Gasteiger partial charge in [-0.15, -0.1) is 0 Å². The molecule has 176 valence electrons. The molecule has 2 saturated heterocycles. The number of fused-ring (bicyclic) bond motifs is 1. The Bertz CT molecular complexity index is 1330. The fourth-order valence-electron chi connectivity index (χ4n) is 4.92. The number of amides is 2. The Morgan fingerprint density at radius 2 is 1.60 bits per heavy atom. The van der Waals surface area contributed by atoms with E-state index in [2.05, 4.69) is 11.8 Å². The second kappa shape index (κ2) is 9.32. The first-order valence-corrected chi connectivity index (χ1v) is 11.3. The van der Waals surface area contributed by atoms with E-state index in [1.807, 2.05) is 24.3 Å². The van der Waals surface area contributed by atoms with Gasteiger partial charge in [-0.2, -0.15) is 0 Å². The van der Waals surface area contributed by atoms with E-state index in [0.717, 1.165) is 11.1 Å². The molecule has 2 heterocycles. The molecule has 2 aliphatic rings. The summed E-state index contributed by atoms with van der Waals surface area (Å²) in [6, 6.07) is 18.3. The third-order valence-corrected chi connectivity index (χ3v) is 6.60. The number of carbonyl (C=O) groups is 2. The minimum atomic E-state index is -0.509. The summed E-state index contributed by atoms with van der Waals surface area (Å²) in [6.45, 7) is 0.0121. The predicted octanol–water partition coefficient (Wildman–Crippen LogP) is 3.18. The Hall–Kier alpha value is -4.02. The van der Waals surface area contributed by atoms with Crippen molar-refractivity contribution in [2.24, 2.45) is 0 Å². The van der Waals surface area contributed by atoms with Gasteiger partial charge in [0, 0.05) is 29.2 Å². The van der Waals surface area contributed by atoms with Gasteiger partial charge < -0.3 is 14.9 Å². The largest absolute Gasteiger partial charge is 0.394 e. The average Bonchev–Trinajstić information content (AvgIpc) is 2.85. The van der Waals surface area contributed by atoms with Crippen LogP contribution < -0.4 is 0 Å². The van der Waals surface area contributed by atoms with Crippen LogP contribution in [0.3, 0.4) is 0 Å². The summed E-state index contributed by atoms with van der Waals surface area (Å²) >= 11 is 0. The summed E-state index contributed by atoms with van der Waals surface area (Å²) in [5, 5.41) is 9.98. The van der Waals surface area contributed by atoms with Gasteiger partial charge in [-0.05, 0) is 60.2 Å². The summed E-state index contributed by atoms with van der Waals surface area (Å²) in [7, 11) is 0. The average molecular weight is 472 g/mol. The van der Waals surface area contributed by atoms with Crippen molar-refractivity contribution >= 4 is 11.8 Å². The number of aliphatic hydroxyl groups excluding tert-OH is 1. The van der Waals surface area contributed by atoms with E-state index in [1.165, 1.54) is 41.3 Å². The smallest absolute Gasteiger partial charge is 0.254 e. The monoisotopic (exact) mass is 472 g/mol. The lowest BCUT2D eigenvalue weighted by atomic mass is 9.73. The topological polar surface area (TPSA) is 60.9 Å². The fourth-order valence-corrected chi connectivity index (χ4v) is 4.92. The summed E-state index contributed by atoms with van der Waals surface area (Å²) in [6.07, 6.45) is 0. The second-order valence-corrected chi connectivity index (χ2v) is 8.72. The van der Waals surface area contributed by atoms with Crippen molar-refractivity contribution in [1.29, 1.82) is 0 Å². The molecule has 2 amide bonds. The van der Waals surface area contributed by atoms with Crippen LogP contribution in [0.1, 0.15) is 33.0 Å². The first-order valence-electron chi connectivity index (χ1n) is 11.3. The van der Waals surface area contributed by atoms with Gasteiger partial charge in [0.2, 0.25) is 5.91 Å². The van der Waals surface area contributed by atoms with E-state index < -0.39 is 11.7 Å². The van der Waals surface area contributed by atoms with Crippen LogP contribution in [0.25, 0.3) is 0 Å². The number of rotatable bonds is 3. The van der Waals surface area contributed by atoms with E-state index in [1.54, 1.807) is 17.0 Å². The van der Waals surface area contributed by atoms with E-state index in [4.69, 9.17) is 0 Å². The lowest BCUT2D eigenvalue weighted by Gasteiger charge is -2.58. The number of carbonyl (C=O) groups excluding carboxylic acids is 2.